The zero-order valence-electron chi connectivity index (χ0n) is 60.6. The molecule has 8 heterocycles. The summed E-state index contributed by atoms with van der Waals surface area (Å²) in [5, 5.41) is 8.46. The zero-order valence-corrected chi connectivity index (χ0v) is 60.6. The van der Waals surface area contributed by atoms with E-state index in [-0.39, 0.29) is 48.6 Å². The zero-order chi connectivity index (χ0) is 70.1. The molecule has 0 aromatic heterocycles. The molecule has 19 heteroatoms. The third kappa shape index (κ3) is 16.2. The third-order valence-corrected chi connectivity index (χ3v) is 24.8. The van der Waals surface area contributed by atoms with Crippen molar-refractivity contribution in [1.29, 1.82) is 0 Å². The van der Waals surface area contributed by atoms with Crippen LogP contribution in [0.5, 0.6) is 0 Å². The molecule has 8 aliphatic heterocycles. The van der Waals surface area contributed by atoms with Crippen LogP contribution in [0.15, 0.2) is 97.1 Å². The first-order valence-corrected chi connectivity index (χ1v) is 38.4. The number of benzene rings is 4. The van der Waals surface area contributed by atoms with E-state index in [0.29, 0.717) is 30.1 Å². The van der Waals surface area contributed by atoms with Gasteiger partial charge in [-0.05, 0) is 127 Å². The number of ketones is 1. The van der Waals surface area contributed by atoms with Gasteiger partial charge in [0.1, 0.15) is 28.2 Å². The van der Waals surface area contributed by atoms with Gasteiger partial charge in [-0.2, -0.15) is 0 Å². The molecule has 3 aliphatic carbocycles. The van der Waals surface area contributed by atoms with E-state index in [2.05, 4.69) is 87.5 Å². The number of hydrogen-bond donors (Lipinski definition) is 3. The molecule has 19 nitrogen and oxygen atoms in total. The van der Waals surface area contributed by atoms with Crippen LogP contribution in [-0.4, -0.2) is 146 Å². The van der Waals surface area contributed by atoms with Crippen LogP contribution in [0.2, 0.25) is 0 Å². The number of anilines is 4. The number of nitrogens with zero attached hydrogens (tertiary/aromatic N) is 5. The number of ether oxygens (including phenoxy) is 5. The fourth-order valence-corrected chi connectivity index (χ4v) is 18.7. The Hall–Kier alpha value is -7.06. The average molecular weight is 1370 g/mol. The summed E-state index contributed by atoms with van der Waals surface area (Å²) in [6, 6.07) is 33.9. The summed E-state index contributed by atoms with van der Waals surface area (Å²) in [4.78, 5) is 83.9. The Morgan fingerprint density at radius 3 is 1.27 bits per heavy atom. The predicted octanol–water partition coefficient (Wildman–Crippen LogP) is 16.4. The maximum absolute atomic E-state index is 12.7. The van der Waals surface area contributed by atoms with Crippen molar-refractivity contribution in [2.75, 3.05) is 92.9 Å². The average Bonchev–Trinajstić information content (AvgIpc) is 0.779. The molecular formula is C81H112N8O11. The smallest absolute Gasteiger partial charge is 0.415 e. The van der Waals surface area contributed by atoms with E-state index >= 15 is 0 Å². The molecule has 0 atom stereocenters. The van der Waals surface area contributed by atoms with Crippen LogP contribution in [0, 0.1) is 17.3 Å². The number of esters is 1. The molecule has 0 bridgehead atoms. The van der Waals surface area contributed by atoms with E-state index in [9.17, 15) is 28.8 Å². The highest BCUT2D eigenvalue weighted by Gasteiger charge is 2.51. The van der Waals surface area contributed by atoms with Crippen LogP contribution in [0.4, 0.5) is 41.9 Å². The van der Waals surface area contributed by atoms with Gasteiger partial charge in [-0.25, -0.2) is 19.2 Å². The van der Waals surface area contributed by atoms with E-state index in [1.54, 1.807) is 0 Å². The Bertz CT molecular complexity index is 3470. The lowest BCUT2D eigenvalue weighted by Gasteiger charge is -2.48. The molecule has 3 N–H and O–H groups in total. The predicted molar refractivity (Wildman–Crippen MR) is 389 cm³/mol. The molecule has 11 aliphatic rings. The van der Waals surface area contributed by atoms with Crippen molar-refractivity contribution in [3.8, 4) is 0 Å². The molecule has 3 saturated carbocycles. The number of carbonyl (C=O) groups is 6. The van der Waals surface area contributed by atoms with Crippen LogP contribution >= 0.6 is 0 Å². The van der Waals surface area contributed by atoms with Crippen LogP contribution in [0.1, 0.15) is 218 Å². The summed E-state index contributed by atoms with van der Waals surface area (Å²) >= 11 is 0. The maximum Gasteiger partial charge on any atom is 0.415 e. The minimum Gasteiger partial charge on any atom is -0.466 e. The van der Waals surface area contributed by atoms with E-state index in [1.165, 1.54) is 88.9 Å². The number of para-hydroxylation sites is 4. The molecule has 4 amide bonds. The summed E-state index contributed by atoms with van der Waals surface area (Å²) in [5.41, 5.74) is 6.56. The molecular weight excluding hydrogens is 1260 g/mol. The first kappa shape index (κ1) is 72.7. The second-order valence-electron chi connectivity index (χ2n) is 31.0. The first-order valence-electron chi connectivity index (χ1n) is 38.4. The molecule has 4 saturated heterocycles. The number of fused-ring (bicyclic) bond motifs is 8. The van der Waals surface area contributed by atoms with Crippen LogP contribution < -0.4 is 20.9 Å². The Morgan fingerprint density at radius 2 is 0.860 bits per heavy atom. The molecule has 4 aromatic rings. The van der Waals surface area contributed by atoms with E-state index < -0.39 is 22.4 Å². The number of Topliss-reactive ketones (excluding diaryl/α,β-unsaturated/α-hetero) is 1. The minimum absolute atomic E-state index is 0.0354. The fourth-order valence-electron chi connectivity index (χ4n) is 18.7. The molecule has 15 rings (SSSR count). The van der Waals surface area contributed by atoms with Gasteiger partial charge in [0.2, 0.25) is 0 Å². The molecule has 4 aromatic carbocycles. The molecule has 542 valence electrons. The number of piperidine rings is 4. The second-order valence-corrected chi connectivity index (χ2v) is 31.0. The van der Waals surface area contributed by atoms with Gasteiger partial charge in [-0.15, -0.1) is 0 Å². The highest BCUT2D eigenvalue weighted by molar-refractivity contribution is 5.97. The Balaban J connectivity index is 0.000000127. The van der Waals surface area contributed by atoms with Crippen LogP contribution in [0.25, 0.3) is 0 Å². The van der Waals surface area contributed by atoms with Crippen molar-refractivity contribution >= 4 is 58.9 Å². The summed E-state index contributed by atoms with van der Waals surface area (Å²) in [6.45, 7) is 22.2. The summed E-state index contributed by atoms with van der Waals surface area (Å²) in [5.74, 6) is 0.856. The fraction of sp³-hybridized carbons (Fsp3) is 0.630. The van der Waals surface area contributed by atoms with Crippen molar-refractivity contribution in [2.45, 2.75) is 236 Å². The van der Waals surface area contributed by atoms with Gasteiger partial charge < -0.3 is 43.3 Å². The SMILES string of the molecule is CC(=O)CN1C(=O)OC2(CCN(C3CCCCCC3)CC2)c2ccccc21.CCC(C)(C)C1CCC(N2CCC3(CC2)OC(=O)Nc2ccccc23)CC1.CCCN1CCC2(CC1)OC(=O)Nc1ccccc12.CCOC(=O)C1CCC(N2CCC3(CC2)OC(=O)Nc2ccccc23)CC1. The number of likely N-dealkylation sites (tertiary alicyclic amines) is 4. The standard InChI is InChI=1S/C23H34N2O2.C22H30N2O3.C21H28N2O4.C15H20N2O2/c1-4-22(2,3)17-9-11-18(12-10-17)25-15-13-23(14-16-25)19-7-5-6-8-20(19)24-21(26)27-23;1-17(25)16-24-20-11-7-6-10-19(20)22(27-21(24)26)12-14-23(15-13-22)18-8-4-2-3-5-9-18;1-2-26-19(24)15-7-9-16(10-8-15)23-13-11-21(12-14-23)17-5-3-4-6-18(17)22-20(25)27-21;1-2-9-17-10-7-15(8-11-17)12-5-3-4-6-13(12)16-14(18)19-15/h5-8,17-18H,4,9-16H2,1-3H3,(H,24,26);6-7,10-11,18H,2-5,8-9,12-16H2,1H3;3-6,15-16H,2,7-14H2,1H3,(H,22,25);3-6H,2,7-11H2,1H3,(H,16,18). The summed E-state index contributed by atoms with van der Waals surface area (Å²) in [6.07, 6.45) is 25.2. The van der Waals surface area contributed by atoms with Crippen molar-refractivity contribution in [3.05, 3.63) is 119 Å². The van der Waals surface area contributed by atoms with Gasteiger partial charge in [-0.1, -0.05) is 133 Å². The highest BCUT2D eigenvalue weighted by Crippen LogP contribution is 2.50. The summed E-state index contributed by atoms with van der Waals surface area (Å²) < 4.78 is 28.6. The van der Waals surface area contributed by atoms with Gasteiger partial charge in [-0.3, -0.25) is 30.4 Å². The van der Waals surface area contributed by atoms with E-state index in [0.717, 1.165) is 187 Å². The molecule has 0 unspecified atom stereocenters. The van der Waals surface area contributed by atoms with Crippen LogP contribution in [-0.2, 0) is 55.7 Å². The third-order valence-electron chi connectivity index (χ3n) is 24.8. The maximum atomic E-state index is 12.7. The number of amides is 4. The lowest BCUT2D eigenvalue weighted by molar-refractivity contribution is -0.149. The van der Waals surface area contributed by atoms with E-state index in [1.807, 2.05) is 79.7 Å². The van der Waals surface area contributed by atoms with Crippen molar-refractivity contribution in [3.63, 3.8) is 0 Å². The monoisotopic (exact) mass is 1370 g/mol. The van der Waals surface area contributed by atoms with Gasteiger partial charge in [0.25, 0.3) is 0 Å². The topological polar surface area (TPSA) is 201 Å². The first-order chi connectivity index (χ1) is 48.4. The van der Waals surface area contributed by atoms with Crippen molar-refractivity contribution in [2.24, 2.45) is 17.3 Å². The molecule has 100 heavy (non-hydrogen) atoms. The Morgan fingerprint density at radius 1 is 0.480 bits per heavy atom. The van der Waals surface area contributed by atoms with Gasteiger partial charge in [0.05, 0.1) is 41.8 Å². The number of nitrogens with one attached hydrogen (secondary N) is 3. The van der Waals surface area contributed by atoms with Gasteiger partial charge in [0, 0.05) is 144 Å². The lowest BCUT2D eigenvalue weighted by Crippen LogP contribution is -2.53. The van der Waals surface area contributed by atoms with Crippen LogP contribution in [0.3, 0.4) is 0 Å². The number of rotatable bonds is 11. The molecule has 4 spiro atoms. The second kappa shape index (κ2) is 32.1. The normalized spacial score (nSPS) is 25.5. The number of hydrogen-bond acceptors (Lipinski definition) is 15. The molecule has 7 fully saturated rings. The Labute approximate surface area is 593 Å². The largest absolute Gasteiger partial charge is 0.466 e. The highest BCUT2D eigenvalue weighted by atomic mass is 16.6. The van der Waals surface area contributed by atoms with Crippen molar-refractivity contribution < 1.29 is 52.5 Å². The Kier molecular flexibility index (Phi) is 23.3. The minimum atomic E-state index is -0.539. The van der Waals surface area contributed by atoms with Crippen molar-refractivity contribution in [1.82, 2.24) is 19.6 Å². The summed E-state index contributed by atoms with van der Waals surface area (Å²) in [7, 11) is 0. The van der Waals surface area contributed by atoms with Gasteiger partial charge >= 0.3 is 30.3 Å². The quantitative estimate of drug-likeness (QED) is 0.0727. The lowest BCUT2D eigenvalue weighted by atomic mass is 9.68. The molecule has 0 radical (unpaired) electrons. The number of carbonyl (C=O) groups excluding carboxylic acids is 6. The van der Waals surface area contributed by atoms with Gasteiger partial charge in [0.15, 0.2) is 0 Å². The van der Waals surface area contributed by atoms with E-state index in [4.69, 9.17) is 23.7 Å².